The second kappa shape index (κ2) is 5.31. The van der Waals surface area contributed by atoms with Gasteiger partial charge in [-0.05, 0) is 19.2 Å². The van der Waals surface area contributed by atoms with Crippen LogP contribution in [0.3, 0.4) is 0 Å². The zero-order chi connectivity index (χ0) is 11.3. The molecule has 0 aromatic carbocycles. The lowest BCUT2D eigenvalue weighted by Gasteiger charge is -2.17. The number of amides is 2. The molecule has 0 aliphatic rings. The summed E-state index contributed by atoms with van der Waals surface area (Å²) in [5.74, 6) is -0.504. The van der Waals surface area contributed by atoms with Crippen molar-refractivity contribution in [1.82, 2.24) is 10.2 Å². The predicted octanol–water partition coefficient (Wildman–Crippen LogP) is 0.488. The molecule has 0 fully saturated rings. The van der Waals surface area contributed by atoms with E-state index in [2.05, 4.69) is 5.32 Å². The molecule has 0 radical (unpaired) electrons. The van der Waals surface area contributed by atoms with Crippen LogP contribution in [0.5, 0.6) is 0 Å². The fraction of sp³-hybridized carbons (Fsp3) is 0.400. The van der Waals surface area contributed by atoms with Gasteiger partial charge in [-0.2, -0.15) is 0 Å². The van der Waals surface area contributed by atoms with E-state index in [9.17, 15) is 9.59 Å². The summed E-state index contributed by atoms with van der Waals surface area (Å²) in [6.07, 6.45) is 1.41. The standard InChI is InChI=1S/C10H14N2O3/c1-8(13)12(6-5-11-2)10(14)9-4-3-7-15-9/h3-4,7,11H,5-6H2,1-2H3. The van der Waals surface area contributed by atoms with Gasteiger partial charge < -0.3 is 9.73 Å². The number of carbonyl (C=O) groups is 2. The average molecular weight is 210 g/mol. The Balaban J connectivity index is 2.72. The molecule has 0 bridgehead atoms. The molecular weight excluding hydrogens is 196 g/mol. The van der Waals surface area contributed by atoms with E-state index in [1.54, 1.807) is 13.1 Å². The summed E-state index contributed by atoms with van der Waals surface area (Å²) < 4.78 is 4.94. The quantitative estimate of drug-likeness (QED) is 0.785. The normalized spacial score (nSPS) is 10.0. The maximum Gasteiger partial charge on any atom is 0.296 e. The Bertz CT molecular complexity index is 332. The molecular formula is C10H14N2O3. The molecule has 2 amide bonds. The van der Waals surface area contributed by atoms with Crippen molar-refractivity contribution in [3.05, 3.63) is 24.2 Å². The minimum atomic E-state index is -0.400. The number of nitrogens with zero attached hydrogens (tertiary/aromatic N) is 1. The van der Waals surface area contributed by atoms with Crippen molar-refractivity contribution in [2.45, 2.75) is 6.92 Å². The van der Waals surface area contributed by atoms with Crippen molar-refractivity contribution in [1.29, 1.82) is 0 Å². The predicted molar refractivity (Wildman–Crippen MR) is 54.4 cm³/mol. The van der Waals surface area contributed by atoms with Crippen molar-refractivity contribution < 1.29 is 14.0 Å². The highest BCUT2D eigenvalue weighted by atomic mass is 16.3. The van der Waals surface area contributed by atoms with Crippen molar-refractivity contribution in [2.24, 2.45) is 0 Å². The highest BCUT2D eigenvalue weighted by Crippen LogP contribution is 2.05. The molecule has 5 heteroatoms. The van der Waals surface area contributed by atoms with Gasteiger partial charge in [-0.15, -0.1) is 0 Å². The van der Waals surface area contributed by atoms with Crippen LogP contribution >= 0.6 is 0 Å². The lowest BCUT2D eigenvalue weighted by atomic mass is 10.3. The molecule has 0 saturated carbocycles. The van der Waals surface area contributed by atoms with Crippen LogP contribution in [-0.4, -0.2) is 36.9 Å². The summed E-state index contributed by atoms with van der Waals surface area (Å²) in [5, 5.41) is 2.88. The van der Waals surface area contributed by atoms with Gasteiger partial charge in [0.1, 0.15) is 0 Å². The third-order valence-electron chi connectivity index (χ3n) is 1.94. The van der Waals surface area contributed by atoms with Gasteiger partial charge in [0.2, 0.25) is 5.91 Å². The first-order valence-electron chi connectivity index (χ1n) is 4.67. The van der Waals surface area contributed by atoms with Gasteiger partial charge in [-0.25, -0.2) is 0 Å². The molecule has 1 aromatic rings. The second-order valence-electron chi connectivity index (χ2n) is 3.06. The molecule has 5 nitrogen and oxygen atoms in total. The fourth-order valence-electron chi connectivity index (χ4n) is 1.16. The topological polar surface area (TPSA) is 62.6 Å². The Kier molecular flexibility index (Phi) is 4.05. The van der Waals surface area contributed by atoms with E-state index in [1.165, 1.54) is 19.3 Å². The van der Waals surface area contributed by atoms with E-state index in [0.717, 1.165) is 4.90 Å². The minimum Gasteiger partial charge on any atom is -0.459 e. The van der Waals surface area contributed by atoms with Gasteiger partial charge in [0.15, 0.2) is 5.76 Å². The van der Waals surface area contributed by atoms with Gasteiger partial charge in [0, 0.05) is 20.0 Å². The number of furan rings is 1. The Morgan fingerprint density at radius 2 is 2.27 bits per heavy atom. The summed E-state index contributed by atoms with van der Waals surface area (Å²) in [6.45, 7) is 2.26. The highest BCUT2D eigenvalue weighted by molar-refractivity contribution is 6.02. The summed E-state index contributed by atoms with van der Waals surface area (Å²) >= 11 is 0. The van der Waals surface area contributed by atoms with Gasteiger partial charge in [-0.3, -0.25) is 14.5 Å². The Hall–Kier alpha value is -1.62. The summed E-state index contributed by atoms with van der Waals surface area (Å²) in [5.41, 5.74) is 0. The van der Waals surface area contributed by atoms with E-state index < -0.39 is 5.91 Å². The highest BCUT2D eigenvalue weighted by Gasteiger charge is 2.20. The van der Waals surface area contributed by atoms with E-state index in [0.29, 0.717) is 13.1 Å². The number of rotatable bonds is 4. The minimum absolute atomic E-state index is 0.182. The molecule has 0 atom stereocenters. The van der Waals surface area contributed by atoms with E-state index in [-0.39, 0.29) is 11.7 Å². The average Bonchev–Trinajstić information content (AvgIpc) is 2.70. The summed E-state index contributed by atoms with van der Waals surface area (Å²) in [6, 6.07) is 3.15. The maximum absolute atomic E-state index is 11.7. The number of nitrogens with one attached hydrogen (secondary N) is 1. The first-order chi connectivity index (χ1) is 7.16. The van der Waals surface area contributed by atoms with Crippen LogP contribution in [0, 0.1) is 0 Å². The van der Waals surface area contributed by atoms with E-state index in [4.69, 9.17) is 4.42 Å². The van der Waals surface area contributed by atoms with Crippen LogP contribution in [0.25, 0.3) is 0 Å². The molecule has 1 aromatic heterocycles. The van der Waals surface area contributed by atoms with E-state index >= 15 is 0 Å². The first-order valence-corrected chi connectivity index (χ1v) is 4.67. The fourth-order valence-corrected chi connectivity index (χ4v) is 1.16. The van der Waals surface area contributed by atoms with Crippen LogP contribution in [0.2, 0.25) is 0 Å². The zero-order valence-corrected chi connectivity index (χ0v) is 8.82. The van der Waals surface area contributed by atoms with Crippen LogP contribution in [-0.2, 0) is 4.79 Å². The third kappa shape index (κ3) is 2.92. The molecule has 1 N–H and O–H groups in total. The Morgan fingerprint density at radius 3 is 2.73 bits per heavy atom. The summed E-state index contributed by atoms with van der Waals surface area (Å²) in [7, 11) is 1.76. The van der Waals surface area contributed by atoms with Crippen LogP contribution < -0.4 is 5.32 Å². The molecule has 82 valence electrons. The number of imide groups is 1. The number of hydrogen-bond acceptors (Lipinski definition) is 4. The van der Waals surface area contributed by atoms with E-state index in [1.807, 2.05) is 0 Å². The molecule has 0 aliphatic heterocycles. The van der Waals surface area contributed by atoms with Gasteiger partial charge in [-0.1, -0.05) is 0 Å². The Morgan fingerprint density at radius 1 is 1.53 bits per heavy atom. The van der Waals surface area contributed by atoms with Gasteiger partial charge in [0.25, 0.3) is 5.91 Å². The number of likely N-dealkylation sites (N-methyl/N-ethyl adjacent to an activating group) is 1. The Labute approximate surface area is 88.0 Å². The van der Waals surface area contributed by atoms with Crippen molar-refractivity contribution in [3.63, 3.8) is 0 Å². The van der Waals surface area contributed by atoms with Crippen molar-refractivity contribution >= 4 is 11.8 Å². The second-order valence-corrected chi connectivity index (χ2v) is 3.06. The third-order valence-corrected chi connectivity index (χ3v) is 1.94. The van der Waals surface area contributed by atoms with Crippen molar-refractivity contribution in [3.8, 4) is 0 Å². The van der Waals surface area contributed by atoms with Crippen molar-refractivity contribution in [2.75, 3.05) is 20.1 Å². The molecule has 15 heavy (non-hydrogen) atoms. The van der Waals surface area contributed by atoms with Crippen LogP contribution in [0.15, 0.2) is 22.8 Å². The largest absolute Gasteiger partial charge is 0.459 e. The lowest BCUT2D eigenvalue weighted by Crippen LogP contribution is -2.39. The van der Waals surface area contributed by atoms with Gasteiger partial charge in [0.05, 0.1) is 6.26 Å². The zero-order valence-electron chi connectivity index (χ0n) is 8.82. The molecule has 1 rings (SSSR count). The lowest BCUT2D eigenvalue weighted by molar-refractivity contribution is -0.126. The van der Waals surface area contributed by atoms with Crippen LogP contribution in [0.4, 0.5) is 0 Å². The smallest absolute Gasteiger partial charge is 0.296 e. The molecule has 1 heterocycles. The SMILES string of the molecule is CNCCN(C(C)=O)C(=O)c1ccco1. The molecule has 0 aliphatic carbocycles. The maximum atomic E-state index is 11.7. The first kappa shape index (κ1) is 11.5. The summed E-state index contributed by atoms with van der Waals surface area (Å²) in [4.78, 5) is 24.1. The molecule has 0 saturated heterocycles. The number of hydrogen-bond donors (Lipinski definition) is 1. The van der Waals surface area contributed by atoms with Crippen LogP contribution in [0.1, 0.15) is 17.5 Å². The molecule has 0 unspecified atom stereocenters. The monoisotopic (exact) mass is 210 g/mol. The molecule has 0 spiro atoms. The van der Waals surface area contributed by atoms with Gasteiger partial charge >= 0.3 is 0 Å². The number of carbonyl (C=O) groups excluding carboxylic acids is 2.